The topological polar surface area (TPSA) is 101 Å². The van der Waals surface area contributed by atoms with Crippen LogP contribution in [0.5, 0.6) is 0 Å². The minimum Gasteiger partial charge on any atom is -0.347 e. The number of nitro groups is 1. The monoisotopic (exact) mass is 271 g/mol. The first-order valence-corrected chi connectivity index (χ1v) is 5.26. The number of halogens is 1. The number of nitrogens with zero attached hydrogens (tertiary/aromatic N) is 1. The van der Waals surface area contributed by atoms with E-state index in [2.05, 4.69) is 10.6 Å². The first-order chi connectivity index (χ1) is 8.40. The third kappa shape index (κ3) is 4.02. The number of rotatable bonds is 4. The van der Waals surface area contributed by atoms with E-state index in [0.717, 1.165) is 6.07 Å². The normalized spacial score (nSPS) is 9.67. The molecular formula is C10H10ClN3O4. The van der Waals surface area contributed by atoms with Crippen molar-refractivity contribution < 1.29 is 14.5 Å². The lowest BCUT2D eigenvalue weighted by Gasteiger charge is -2.05. The Hall–Kier alpha value is -2.15. The first-order valence-electron chi connectivity index (χ1n) is 4.88. The highest BCUT2D eigenvalue weighted by Crippen LogP contribution is 2.27. The minimum atomic E-state index is -0.647. The number of amides is 2. The summed E-state index contributed by atoms with van der Waals surface area (Å²) >= 11 is 5.62. The summed E-state index contributed by atoms with van der Waals surface area (Å²) in [7, 11) is 0. The molecule has 0 unspecified atom stereocenters. The van der Waals surface area contributed by atoms with Crippen LogP contribution >= 0.6 is 11.6 Å². The second-order valence-electron chi connectivity index (χ2n) is 3.38. The minimum absolute atomic E-state index is 0.0140. The van der Waals surface area contributed by atoms with Gasteiger partial charge in [-0.1, -0.05) is 11.6 Å². The summed E-state index contributed by atoms with van der Waals surface area (Å²) in [5.74, 6) is -0.825. The molecule has 0 bridgehead atoms. The number of benzene rings is 1. The Morgan fingerprint density at radius 1 is 1.44 bits per heavy atom. The molecule has 96 valence electrons. The van der Waals surface area contributed by atoms with Gasteiger partial charge < -0.3 is 10.6 Å². The number of hydrogen-bond acceptors (Lipinski definition) is 4. The molecule has 2 N–H and O–H groups in total. The summed E-state index contributed by atoms with van der Waals surface area (Å²) in [5.41, 5.74) is -0.0598. The molecule has 18 heavy (non-hydrogen) atoms. The highest BCUT2D eigenvalue weighted by atomic mass is 35.5. The maximum Gasteiger partial charge on any atom is 0.289 e. The molecule has 0 atom stereocenters. The zero-order chi connectivity index (χ0) is 13.7. The predicted octanol–water partition coefficient (Wildman–Crippen LogP) is 1.32. The van der Waals surface area contributed by atoms with Gasteiger partial charge in [-0.15, -0.1) is 0 Å². The van der Waals surface area contributed by atoms with Gasteiger partial charge >= 0.3 is 0 Å². The van der Waals surface area contributed by atoms with Gasteiger partial charge in [0.15, 0.2) is 0 Å². The standard InChI is InChI=1S/C10H10ClN3O4/c1-6(15)12-5-10(16)13-7-2-3-8(11)9(4-7)14(17)18/h2-4H,5H2,1H3,(H,12,15)(H,13,16). The van der Waals surface area contributed by atoms with Crippen molar-refractivity contribution in [2.75, 3.05) is 11.9 Å². The molecule has 0 heterocycles. The molecule has 0 aromatic heterocycles. The molecule has 1 aromatic rings. The van der Waals surface area contributed by atoms with E-state index in [0.29, 0.717) is 0 Å². The average molecular weight is 272 g/mol. The van der Waals surface area contributed by atoms with Crippen LogP contribution in [0.1, 0.15) is 6.92 Å². The van der Waals surface area contributed by atoms with E-state index >= 15 is 0 Å². The molecule has 0 aliphatic carbocycles. The summed E-state index contributed by atoms with van der Waals surface area (Å²) in [5, 5.41) is 15.3. The average Bonchev–Trinajstić information content (AvgIpc) is 2.28. The molecule has 0 spiro atoms. The first kappa shape index (κ1) is 13.9. The van der Waals surface area contributed by atoms with Crippen LogP contribution in [0.25, 0.3) is 0 Å². The second kappa shape index (κ2) is 5.97. The number of anilines is 1. The Kier molecular flexibility index (Phi) is 4.61. The van der Waals surface area contributed by atoms with Gasteiger partial charge in [0.1, 0.15) is 5.02 Å². The molecule has 0 saturated heterocycles. The van der Waals surface area contributed by atoms with Crippen molar-refractivity contribution in [2.45, 2.75) is 6.92 Å². The fraction of sp³-hybridized carbons (Fsp3) is 0.200. The molecule has 0 aliphatic heterocycles. The maximum atomic E-state index is 11.4. The van der Waals surface area contributed by atoms with Crippen molar-refractivity contribution >= 4 is 34.8 Å². The van der Waals surface area contributed by atoms with E-state index in [9.17, 15) is 19.7 Å². The third-order valence-corrected chi connectivity index (χ3v) is 2.24. The van der Waals surface area contributed by atoms with Gasteiger partial charge in [0.2, 0.25) is 11.8 Å². The molecule has 0 radical (unpaired) electrons. The Morgan fingerprint density at radius 3 is 2.67 bits per heavy atom. The highest BCUT2D eigenvalue weighted by molar-refractivity contribution is 6.32. The second-order valence-corrected chi connectivity index (χ2v) is 3.79. The van der Waals surface area contributed by atoms with Gasteiger partial charge in [-0.2, -0.15) is 0 Å². The van der Waals surface area contributed by atoms with Crippen molar-refractivity contribution in [1.29, 1.82) is 0 Å². The fourth-order valence-electron chi connectivity index (χ4n) is 1.14. The highest BCUT2D eigenvalue weighted by Gasteiger charge is 2.13. The lowest BCUT2D eigenvalue weighted by molar-refractivity contribution is -0.384. The van der Waals surface area contributed by atoms with Crippen molar-refractivity contribution in [3.63, 3.8) is 0 Å². The van der Waals surface area contributed by atoms with E-state index in [1.54, 1.807) is 0 Å². The number of hydrogen-bond donors (Lipinski definition) is 2. The SMILES string of the molecule is CC(=O)NCC(=O)Nc1ccc(Cl)c([N+](=O)[O-])c1. The van der Waals surface area contributed by atoms with Crippen LogP contribution in [0.2, 0.25) is 5.02 Å². The van der Waals surface area contributed by atoms with Gasteiger partial charge in [0, 0.05) is 18.7 Å². The Morgan fingerprint density at radius 2 is 2.11 bits per heavy atom. The zero-order valence-corrected chi connectivity index (χ0v) is 10.2. The molecule has 0 fully saturated rings. The van der Waals surface area contributed by atoms with Crippen LogP contribution in [0.15, 0.2) is 18.2 Å². The van der Waals surface area contributed by atoms with Gasteiger partial charge in [0.05, 0.1) is 11.5 Å². The summed E-state index contributed by atoms with van der Waals surface area (Å²) < 4.78 is 0. The molecule has 0 saturated carbocycles. The van der Waals surface area contributed by atoms with Gasteiger partial charge in [0.25, 0.3) is 5.69 Å². The van der Waals surface area contributed by atoms with Crippen molar-refractivity contribution in [3.05, 3.63) is 33.3 Å². The van der Waals surface area contributed by atoms with Crippen molar-refractivity contribution in [1.82, 2.24) is 5.32 Å². The smallest absolute Gasteiger partial charge is 0.289 e. The molecule has 7 nitrogen and oxygen atoms in total. The van der Waals surface area contributed by atoms with Crippen molar-refractivity contribution in [3.8, 4) is 0 Å². The molecular weight excluding hydrogens is 262 g/mol. The van der Waals surface area contributed by atoms with Gasteiger partial charge in [-0.3, -0.25) is 19.7 Å². The van der Waals surface area contributed by atoms with E-state index < -0.39 is 10.8 Å². The lowest BCUT2D eigenvalue weighted by atomic mass is 10.3. The Bertz CT molecular complexity index is 504. The summed E-state index contributed by atoms with van der Waals surface area (Å²) in [6.45, 7) is 1.08. The number of nitro benzene ring substituents is 1. The molecule has 1 aromatic carbocycles. The number of nitrogens with one attached hydrogen (secondary N) is 2. The predicted molar refractivity (Wildman–Crippen MR) is 65.4 cm³/mol. The summed E-state index contributed by atoms with van der Waals surface area (Å²) in [4.78, 5) is 31.9. The van der Waals surface area contributed by atoms with Crippen LogP contribution < -0.4 is 10.6 Å². The lowest BCUT2D eigenvalue weighted by Crippen LogP contribution is -2.31. The molecule has 0 aliphatic rings. The summed E-state index contributed by atoms with van der Waals surface area (Å²) in [6, 6.07) is 3.89. The van der Waals surface area contributed by atoms with Crippen LogP contribution in [-0.4, -0.2) is 23.3 Å². The number of carbonyl (C=O) groups excluding carboxylic acids is 2. The van der Waals surface area contributed by atoms with E-state index in [1.165, 1.54) is 19.1 Å². The zero-order valence-electron chi connectivity index (χ0n) is 9.40. The molecule has 1 rings (SSSR count). The fourth-order valence-corrected chi connectivity index (χ4v) is 1.33. The van der Waals surface area contributed by atoms with Gasteiger partial charge in [-0.25, -0.2) is 0 Å². The van der Waals surface area contributed by atoms with Crippen LogP contribution in [0.3, 0.4) is 0 Å². The summed E-state index contributed by atoms with van der Waals surface area (Å²) in [6.07, 6.45) is 0. The van der Waals surface area contributed by atoms with Crippen LogP contribution in [0.4, 0.5) is 11.4 Å². The molecule has 2 amide bonds. The van der Waals surface area contributed by atoms with E-state index in [-0.39, 0.29) is 28.8 Å². The van der Waals surface area contributed by atoms with Crippen LogP contribution in [-0.2, 0) is 9.59 Å². The Labute approximate surface area is 107 Å². The third-order valence-electron chi connectivity index (χ3n) is 1.92. The Balaban J connectivity index is 2.73. The van der Waals surface area contributed by atoms with E-state index in [4.69, 9.17) is 11.6 Å². The molecule has 8 heteroatoms. The van der Waals surface area contributed by atoms with Crippen molar-refractivity contribution in [2.24, 2.45) is 0 Å². The van der Waals surface area contributed by atoms with Gasteiger partial charge in [-0.05, 0) is 12.1 Å². The quantitative estimate of drug-likeness (QED) is 0.637. The van der Waals surface area contributed by atoms with Crippen LogP contribution in [0, 0.1) is 10.1 Å². The number of carbonyl (C=O) groups is 2. The van der Waals surface area contributed by atoms with E-state index in [1.807, 2.05) is 0 Å². The largest absolute Gasteiger partial charge is 0.347 e. The maximum absolute atomic E-state index is 11.4.